The first kappa shape index (κ1) is 14.4. The van der Waals surface area contributed by atoms with E-state index in [-0.39, 0.29) is 5.97 Å². The van der Waals surface area contributed by atoms with Crippen LogP contribution >= 0.6 is 0 Å². The molecule has 0 amide bonds. The minimum Gasteiger partial charge on any atom is -0.462 e. The summed E-state index contributed by atoms with van der Waals surface area (Å²) >= 11 is 0. The number of aromatic nitrogens is 1. The Bertz CT molecular complexity index is 626. The average Bonchev–Trinajstić information content (AvgIpc) is 2.75. The second kappa shape index (κ2) is 5.95. The SMILES string of the molecule is CCOC(=O)c1c(Cc2ccc(C)c(C)c2)c[nH]c1C. The van der Waals surface area contributed by atoms with Gasteiger partial charge in [0.1, 0.15) is 0 Å². The van der Waals surface area contributed by atoms with Crippen LogP contribution in [0.5, 0.6) is 0 Å². The lowest BCUT2D eigenvalue weighted by molar-refractivity contribution is 0.0524. The molecule has 0 aliphatic rings. The van der Waals surface area contributed by atoms with E-state index in [1.54, 1.807) is 0 Å². The van der Waals surface area contributed by atoms with Crippen molar-refractivity contribution in [2.75, 3.05) is 6.61 Å². The van der Waals surface area contributed by atoms with Gasteiger partial charge in [0, 0.05) is 11.9 Å². The summed E-state index contributed by atoms with van der Waals surface area (Å²) in [5, 5.41) is 0. The van der Waals surface area contributed by atoms with Crippen LogP contribution in [0.25, 0.3) is 0 Å². The molecule has 0 bridgehead atoms. The highest BCUT2D eigenvalue weighted by Crippen LogP contribution is 2.20. The highest BCUT2D eigenvalue weighted by Gasteiger charge is 2.17. The molecular formula is C17H21NO2. The summed E-state index contributed by atoms with van der Waals surface area (Å²) in [7, 11) is 0. The van der Waals surface area contributed by atoms with E-state index < -0.39 is 0 Å². The van der Waals surface area contributed by atoms with Crippen LogP contribution in [0.2, 0.25) is 0 Å². The second-order valence-electron chi connectivity index (χ2n) is 5.13. The fraction of sp³-hybridized carbons (Fsp3) is 0.353. The van der Waals surface area contributed by atoms with Gasteiger partial charge in [-0.2, -0.15) is 0 Å². The summed E-state index contributed by atoms with van der Waals surface area (Å²) in [6, 6.07) is 6.40. The highest BCUT2D eigenvalue weighted by molar-refractivity contribution is 5.92. The molecule has 20 heavy (non-hydrogen) atoms. The van der Waals surface area contributed by atoms with Gasteiger partial charge in [-0.15, -0.1) is 0 Å². The number of benzene rings is 1. The molecule has 0 atom stereocenters. The van der Waals surface area contributed by atoms with Crippen molar-refractivity contribution in [3.8, 4) is 0 Å². The van der Waals surface area contributed by atoms with E-state index in [9.17, 15) is 4.79 Å². The monoisotopic (exact) mass is 271 g/mol. The van der Waals surface area contributed by atoms with Crippen LogP contribution in [-0.4, -0.2) is 17.6 Å². The van der Waals surface area contributed by atoms with Crippen molar-refractivity contribution >= 4 is 5.97 Å². The molecule has 1 heterocycles. The first-order valence-electron chi connectivity index (χ1n) is 6.93. The molecule has 0 spiro atoms. The lowest BCUT2D eigenvalue weighted by Crippen LogP contribution is -2.08. The number of aromatic amines is 1. The molecule has 1 aromatic carbocycles. The number of aryl methyl sites for hydroxylation is 3. The van der Waals surface area contributed by atoms with Gasteiger partial charge in [0.2, 0.25) is 0 Å². The predicted octanol–water partition coefficient (Wildman–Crippen LogP) is 3.71. The molecule has 0 saturated heterocycles. The number of rotatable bonds is 4. The number of H-pyrrole nitrogens is 1. The Balaban J connectivity index is 2.29. The molecule has 3 nitrogen and oxygen atoms in total. The molecule has 0 radical (unpaired) electrons. The van der Waals surface area contributed by atoms with E-state index in [0.717, 1.165) is 17.7 Å². The number of carbonyl (C=O) groups excluding carboxylic acids is 1. The maximum absolute atomic E-state index is 12.0. The van der Waals surface area contributed by atoms with Gasteiger partial charge in [0.25, 0.3) is 0 Å². The number of nitrogens with one attached hydrogen (secondary N) is 1. The van der Waals surface area contributed by atoms with Crippen molar-refractivity contribution in [2.45, 2.75) is 34.1 Å². The van der Waals surface area contributed by atoms with E-state index in [2.05, 4.69) is 37.0 Å². The van der Waals surface area contributed by atoms with Crippen LogP contribution in [0.4, 0.5) is 0 Å². The van der Waals surface area contributed by atoms with E-state index in [1.807, 2.05) is 20.0 Å². The third-order valence-corrected chi connectivity index (χ3v) is 3.60. The average molecular weight is 271 g/mol. The zero-order chi connectivity index (χ0) is 14.7. The minimum atomic E-state index is -0.245. The lowest BCUT2D eigenvalue weighted by atomic mass is 9.99. The molecule has 0 aliphatic carbocycles. The summed E-state index contributed by atoms with van der Waals surface area (Å²) in [5.74, 6) is -0.245. The molecule has 1 N–H and O–H groups in total. The zero-order valence-corrected chi connectivity index (χ0v) is 12.5. The number of hydrogen-bond donors (Lipinski definition) is 1. The van der Waals surface area contributed by atoms with Crippen molar-refractivity contribution < 1.29 is 9.53 Å². The summed E-state index contributed by atoms with van der Waals surface area (Å²) < 4.78 is 5.13. The van der Waals surface area contributed by atoms with Crippen LogP contribution in [0.1, 0.15) is 45.2 Å². The van der Waals surface area contributed by atoms with Crippen molar-refractivity contribution in [3.63, 3.8) is 0 Å². The maximum Gasteiger partial charge on any atom is 0.340 e. The van der Waals surface area contributed by atoms with Crippen molar-refractivity contribution in [2.24, 2.45) is 0 Å². The fourth-order valence-electron chi connectivity index (χ4n) is 2.34. The molecule has 1 aromatic heterocycles. The van der Waals surface area contributed by atoms with Gasteiger partial charge in [0.05, 0.1) is 12.2 Å². The van der Waals surface area contributed by atoms with E-state index in [4.69, 9.17) is 4.74 Å². The number of esters is 1. The van der Waals surface area contributed by atoms with Crippen molar-refractivity contribution in [3.05, 3.63) is 57.9 Å². The first-order chi connectivity index (χ1) is 9.52. The Morgan fingerprint density at radius 3 is 2.60 bits per heavy atom. The molecule has 2 rings (SSSR count). The highest BCUT2D eigenvalue weighted by atomic mass is 16.5. The summed E-state index contributed by atoms with van der Waals surface area (Å²) in [6.07, 6.45) is 2.64. The second-order valence-corrected chi connectivity index (χ2v) is 5.13. The molecule has 3 heteroatoms. The van der Waals surface area contributed by atoms with Crippen LogP contribution in [0.3, 0.4) is 0 Å². The molecule has 0 unspecified atom stereocenters. The van der Waals surface area contributed by atoms with Gasteiger partial charge >= 0.3 is 5.97 Å². The van der Waals surface area contributed by atoms with E-state index in [0.29, 0.717) is 12.2 Å². The molecule has 0 saturated carbocycles. The third-order valence-electron chi connectivity index (χ3n) is 3.60. The smallest absolute Gasteiger partial charge is 0.340 e. The van der Waals surface area contributed by atoms with Gasteiger partial charge in [-0.3, -0.25) is 0 Å². The van der Waals surface area contributed by atoms with Crippen LogP contribution in [0, 0.1) is 20.8 Å². The molecule has 0 aliphatic heterocycles. The van der Waals surface area contributed by atoms with Crippen LogP contribution < -0.4 is 0 Å². The third kappa shape index (κ3) is 2.93. The first-order valence-corrected chi connectivity index (χ1v) is 6.93. The number of ether oxygens (including phenoxy) is 1. The number of carbonyl (C=O) groups is 1. The van der Waals surface area contributed by atoms with Crippen molar-refractivity contribution in [1.82, 2.24) is 4.98 Å². The van der Waals surface area contributed by atoms with Gasteiger partial charge in [0.15, 0.2) is 0 Å². The zero-order valence-electron chi connectivity index (χ0n) is 12.5. The summed E-state index contributed by atoms with van der Waals surface area (Å²) in [4.78, 5) is 15.1. The van der Waals surface area contributed by atoms with Crippen molar-refractivity contribution in [1.29, 1.82) is 0 Å². The lowest BCUT2D eigenvalue weighted by Gasteiger charge is -2.07. The minimum absolute atomic E-state index is 0.245. The molecule has 106 valence electrons. The van der Waals surface area contributed by atoms with Crippen LogP contribution in [-0.2, 0) is 11.2 Å². The van der Waals surface area contributed by atoms with Gasteiger partial charge in [-0.05, 0) is 56.4 Å². The molecular weight excluding hydrogens is 250 g/mol. The fourth-order valence-corrected chi connectivity index (χ4v) is 2.34. The topological polar surface area (TPSA) is 42.1 Å². The Kier molecular flexibility index (Phi) is 4.28. The quantitative estimate of drug-likeness (QED) is 0.861. The van der Waals surface area contributed by atoms with E-state index in [1.165, 1.54) is 16.7 Å². The normalized spacial score (nSPS) is 10.6. The Labute approximate surface area is 120 Å². The standard InChI is InChI=1S/C17H21NO2/c1-5-20-17(19)16-13(4)18-10-15(16)9-14-7-6-11(2)12(3)8-14/h6-8,10,18H,5,9H2,1-4H3. The molecule has 0 fully saturated rings. The Morgan fingerprint density at radius 2 is 1.95 bits per heavy atom. The Hall–Kier alpha value is -2.03. The summed E-state index contributed by atoms with van der Waals surface area (Å²) in [6.45, 7) is 8.32. The van der Waals surface area contributed by atoms with Crippen LogP contribution in [0.15, 0.2) is 24.4 Å². The predicted molar refractivity (Wildman–Crippen MR) is 80.2 cm³/mol. The van der Waals surface area contributed by atoms with E-state index >= 15 is 0 Å². The maximum atomic E-state index is 12.0. The van der Waals surface area contributed by atoms with Gasteiger partial charge in [-0.25, -0.2) is 4.79 Å². The molecule has 2 aromatic rings. The Morgan fingerprint density at radius 1 is 1.20 bits per heavy atom. The van der Waals surface area contributed by atoms with Gasteiger partial charge < -0.3 is 9.72 Å². The largest absolute Gasteiger partial charge is 0.462 e. The summed E-state index contributed by atoms with van der Waals surface area (Å²) in [5.41, 5.74) is 6.28. The van der Waals surface area contributed by atoms with Gasteiger partial charge in [-0.1, -0.05) is 18.2 Å². The number of hydrogen-bond acceptors (Lipinski definition) is 2.